The summed E-state index contributed by atoms with van der Waals surface area (Å²) < 4.78 is 16.2. The third-order valence-electron chi connectivity index (χ3n) is 2.07. The van der Waals surface area contributed by atoms with Gasteiger partial charge < -0.3 is 9.84 Å². The van der Waals surface area contributed by atoms with Gasteiger partial charge in [-0.05, 0) is 5.56 Å². The average molecular weight is 270 g/mol. The maximum Gasteiger partial charge on any atom is 0.318 e. The fourth-order valence-corrected chi connectivity index (χ4v) is 2.08. The van der Waals surface area contributed by atoms with E-state index in [1.807, 2.05) is 30.3 Å². The van der Waals surface area contributed by atoms with Crippen molar-refractivity contribution in [3.05, 3.63) is 35.9 Å². The Bertz CT molecular complexity index is 429. The van der Waals surface area contributed by atoms with Gasteiger partial charge in [-0.25, -0.2) is 0 Å². The van der Waals surface area contributed by atoms with E-state index in [2.05, 4.69) is 0 Å². The summed E-state index contributed by atoms with van der Waals surface area (Å²) in [5.41, 5.74) is 0.849. The highest BCUT2D eigenvalue weighted by Gasteiger charge is 2.10. The van der Waals surface area contributed by atoms with Crippen LogP contribution >= 0.6 is 0 Å². The summed E-state index contributed by atoms with van der Waals surface area (Å²) >= 11 is 0. The van der Waals surface area contributed by atoms with Crippen molar-refractivity contribution in [2.45, 2.75) is 13.0 Å². The minimum Gasteiger partial charge on any atom is -0.481 e. The fourth-order valence-electron chi connectivity index (χ4n) is 1.18. The van der Waals surface area contributed by atoms with Crippen LogP contribution in [0.3, 0.4) is 0 Å². The van der Waals surface area contributed by atoms with Gasteiger partial charge in [0.05, 0.1) is 6.42 Å². The predicted molar refractivity (Wildman–Crippen MR) is 66.4 cm³/mol. The molecule has 0 aromatic heterocycles. The molecule has 18 heavy (non-hydrogen) atoms. The molecule has 1 atom stereocenters. The molecule has 0 aliphatic rings. The number of aliphatic carboxylic acids is 1. The second kappa shape index (κ2) is 7.60. The van der Waals surface area contributed by atoms with Gasteiger partial charge in [0, 0.05) is 16.6 Å². The number of esters is 1. The number of hydrogen-bond donors (Lipinski definition) is 1. The predicted octanol–water partition coefficient (Wildman–Crippen LogP) is 0.953. The van der Waals surface area contributed by atoms with Gasteiger partial charge in [-0.3, -0.25) is 13.8 Å². The molecule has 0 amide bonds. The molecule has 0 fully saturated rings. The smallest absolute Gasteiger partial charge is 0.318 e. The molecular formula is C12H14O5S. The minimum atomic E-state index is -1.48. The van der Waals surface area contributed by atoms with Crippen LogP contribution < -0.4 is 0 Å². The van der Waals surface area contributed by atoms with Gasteiger partial charge >= 0.3 is 11.9 Å². The lowest BCUT2D eigenvalue weighted by atomic mass is 10.2. The second-order valence-electron chi connectivity index (χ2n) is 3.58. The van der Waals surface area contributed by atoms with E-state index >= 15 is 0 Å². The first kappa shape index (κ1) is 14.4. The number of carbonyl (C=O) groups excluding carboxylic acids is 1. The van der Waals surface area contributed by atoms with Crippen molar-refractivity contribution in [2.24, 2.45) is 0 Å². The van der Waals surface area contributed by atoms with Crippen LogP contribution in [0.4, 0.5) is 0 Å². The Labute approximate surface area is 107 Å². The maximum absolute atomic E-state index is 11.3. The lowest BCUT2D eigenvalue weighted by Crippen LogP contribution is -2.17. The fraction of sp³-hybridized carbons (Fsp3) is 0.333. The van der Waals surface area contributed by atoms with Crippen molar-refractivity contribution in [3.63, 3.8) is 0 Å². The molecule has 0 saturated carbocycles. The molecule has 0 heterocycles. The van der Waals surface area contributed by atoms with Crippen molar-refractivity contribution in [1.82, 2.24) is 0 Å². The normalized spacial score (nSPS) is 11.8. The number of carbonyl (C=O) groups is 2. The molecule has 1 N–H and O–H groups in total. The summed E-state index contributed by atoms with van der Waals surface area (Å²) in [7, 11) is -1.48. The van der Waals surface area contributed by atoms with Gasteiger partial charge in [0.1, 0.15) is 12.4 Å². The molecule has 0 bridgehead atoms. The Hall–Kier alpha value is -1.69. The molecule has 1 aromatic carbocycles. The highest BCUT2D eigenvalue weighted by atomic mass is 32.2. The monoisotopic (exact) mass is 270 g/mol. The van der Waals surface area contributed by atoms with Gasteiger partial charge in [0.15, 0.2) is 0 Å². The summed E-state index contributed by atoms with van der Waals surface area (Å²) in [5, 5.41) is 8.40. The van der Waals surface area contributed by atoms with Crippen LogP contribution in [0, 0.1) is 0 Å². The van der Waals surface area contributed by atoms with E-state index in [4.69, 9.17) is 9.84 Å². The first-order valence-electron chi connectivity index (χ1n) is 5.34. The molecule has 98 valence electrons. The Balaban J connectivity index is 2.25. The highest BCUT2D eigenvalue weighted by molar-refractivity contribution is 7.85. The van der Waals surface area contributed by atoms with Gasteiger partial charge in [-0.2, -0.15) is 0 Å². The van der Waals surface area contributed by atoms with Crippen LogP contribution in [0.25, 0.3) is 0 Å². The van der Waals surface area contributed by atoms with Crippen molar-refractivity contribution in [1.29, 1.82) is 0 Å². The Morgan fingerprint density at radius 1 is 1.22 bits per heavy atom. The number of carboxylic acid groups (broad SMARTS) is 1. The molecule has 1 unspecified atom stereocenters. The maximum atomic E-state index is 11.3. The van der Waals surface area contributed by atoms with E-state index in [0.29, 0.717) is 0 Å². The molecule has 0 saturated heterocycles. The van der Waals surface area contributed by atoms with Gasteiger partial charge in [-0.15, -0.1) is 0 Å². The van der Waals surface area contributed by atoms with Crippen molar-refractivity contribution >= 4 is 22.7 Å². The third-order valence-corrected chi connectivity index (χ3v) is 3.28. The van der Waals surface area contributed by atoms with E-state index < -0.39 is 22.7 Å². The van der Waals surface area contributed by atoms with Gasteiger partial charge in [0.2, 0.25) is 0 Å². The number of benzene rings is 1. The van der Waals surface area contributed by atoms with E-state index in [1.54, 1.807) is 0 Å². The van der Waals surface area contributed by atoms with Gasteiger partial charge in [0.25, 0.3) is 0 Å². The van der Waals surface area contributed by atoms with Crippen LogP contribution in [-0.4, -0.2) is 32.8 Å². The number of ether oxygens (including phenoxy) is 1. The number of hydrogen-bond acceptors (Lipinski definition) is 4. The standard InChI is InChI=1S/C12H14O5S/c13-11(14)6-7-18(16)9-12(15)17-8-10-4-2-1-3-5-10/h1-5H,6-9H2,(H,13,14). The molecule has 1 rings (SSSR count). The zero-order chi connectivity index (χ0) is 13.4. The van der Waals surface area contributed by atoms with Crippen LogP contribution in [0.15, 0.2) is 30.3 Å². The quantitative estimate of drug-likeness (QED) is 0.746. The zero-order valence-electron chi connectivity index (χ0n) is 9.70. The molecule has 0 radical (unpaired) electrons. The van der Waals surface area contributed by atoms with Crippen molar-refractivity contribution < 1.29 is 23.6 Å². The first-order valence-corrected chi connectivity index (χ1v) is 6.83. The van der Waals surface area contributed by atoms with E-state index in [9.17, 15) is 13.8 Å². The van der Waals surface area contributed by atoms with E-state index in [-0.39, 0.29) is 24.5 Å². The summed E-state index contributed by atoms with van der Waals surface area (Å²) in [6, 6.07) is 9.14. The molecule has 0 spiro atoms. The number of carboxylic acids is 1. The molecule has 5 nitrogen and oxygen atoms in total. The van der Waals surface area contributed by atoms with Crippen LogP contribution in [0.1, 0.15) is 12.0 Å². The largest absolute Gasteiger partial charge is 0.481 e. The number of rotatable bonds is 7. The Kier molecular flexibility index (Phi) is 6.07. The highest BCUT2D eigenvalue weighted by Crippen LogP contribution is 2.01. The van der Waals surface area contributed by atoms with E-state index in [1.165, 1.54) is 0 Å². The lowest BCUT2D eigenvalue weighted by molar-refractivity contribution is -0.142. The molecule has 0 aliphatic carbocycles. The summed E-state index contributed by atoms with van der Waals surface area (Å²) in [6.07, 6.45) is -0.210. The van der Waals surface area contributed by atoms with Gasteiger partial charge in [-0.1, -0.05) is 30.3 Å². The topological polar surface area (TPSA) is 80.7 Å². The van der Waals surface area contributed by atoms with Crippen LogP contribution in [0.2, 0.25) is 0 Å². The first-order chi connectivity index (χ1) is 8.58. The summed E-state index contributed by atoms with van der Waals surface area (Å²) in [6.45, 7) is 0.135. The summed E-state index contributed by atoms with van der Waals surface area (Å²) in [4.78, 5) is 21.6. The second-order valence-corrected chi connectivity index (χ2v) is 5.15. The Morgan fingerprint density at radius 3 is 2.50 bits per heavy atom. The molecular weight excluding hydrogens is 256 g/mol. The zero-order valence-corrected chi connectivity index (χ0v) is 10.5. The van der Waals surface area contributed by atoms with Crippen LogP contribution in [0.5, 0.6) is 0 Å². The summed E-state index contributed by atoms with van der Waals surface area (Å²) in [5.74, 6) is -1.90. The minimum absolute atomic E-state index is 0.0320. The van der Waals surface area contributed by atoms with Crippen molar-refractivity contribution in [3.8, 4) is 0 Å². The average Bonchev–Trinajstić information content (AvgIpc) is 2.35. The lowest BCUT2D eigenvalue weighted by Gasteiger charge is -2.04. The van der Waals surface area contributed by atoms with Crippen LogP contribution in [-0.2, 0) is 31.7 Å². The van der Waals surface area contributed by atoms with Crippen molar-refractivity contribution in [2.75, 3.05) is 11.5 Å². The third kappa shape index (κ3) is 6.15. The Morgan fingerprint density at radius 2 is 1.89 bits per heavy atom. The SMILES string of the molecule is O=C(O)CCS(=O)CC(=O)OCc1ccccc1. The van der Waals surface area contributed by atoms with E-state index in [0.717, 1.165) is 5.56 Å². The molecule has 1 aromatic rings. The molecule has 6 heteroatoms. The molecule has 0 aliphatic heterocycles.